The van der Waals surface area contributed by atoms with Crippen LogP contribution in [0.1, 0.15) is 41.2 Å². The van der Waals surface area contributed by atoms with Crippen LogP contribution >= 0.6 is 22.6 Å². The second-order valence-electron chi connectivity index (χ2n) is 10.8. The van der Waals surface area contributed by atoms with Crippen molar-refractivity contribution in [2.75, 3.05) is 13.7 Å². The number of carbonyl (C=O) groups is 1. The molecular weight excluding hydrogens is 639 g/mol. The summed E-state index contributed by atoms with van der Waals surface area (Å²) in [5.74, 6) is 2.42. The monoisotopic (exact) mass is 674 g/mol. The fourth-order valence-corrected chi connectivity index (χ4v) is 6.78. The maximum Gasteiger partial charge on any atom is 0.238 e. The summed E-state index contributed by atoms with van der Waals surface area (Å²) >= 11 is 2.39. The van der Waals surface area contributed by atoms with Crippen LogP contribution in [0.5, 0.6) is 5.75 Å². The van der Waals surface area contributed by atoms with Gasteiger partial charge in [-0.1, -0.05) is 60.7 Å². The second-order valence-corrected chi connectivity index (χ2v) is 12.7. The topological polar surface area (TPSA) is 96.9 Å². The molecule has 9 heteroatoms. The smallest absolute Gasteiger partial charge is 0.238 e. The Morgan fingerprint density at radius 3 is 2.57 bits per heavy atom. The number of benzene rings is 3. The summed E-state index contributed by atoms with van der Waals surface area (Å²) in [5.41, 5.74) is 4.54. The zero-order chi connectivity index (χ0) is 28.9. The molecular formula is C33H35IN6O2. The van der Waals surface area contributed by atoms with Crippen molar-refractivity contribution < 1.29 is 9.53 Å². The lowest BCUT2D eigenvalue weighted by Crippen LogP contribution is -2.50. The average molecular weight is 675 g/mol. The molecule has 3 N–H and O–H groups in total. The number of aryl methyl sites for hydroxylation is 2. The highest BCUT2D eigenvalue weighted by atomic mass is 127. The van der Waals surface area contributed by atoms with Crippen LogP contribution in [0, 0.1) is 0 Å². The molecule has 2 aromatic heterocycles. The molecule has 1 amide bonds. The standard InChI is InChI=1S/C33H35IN6O2/c1-42-26-16-13-24(14-17-26)22-40-30(18-15-23-8-3-2-4-9-23)38-39-32(40)33(34,37-31(41)29-12-7-19-35-29)20-25-21-36-28-11-6-5-10-27(25)28/h2-6,8-11,13-14,16-17,21,29,35-36H,7,12,15,18-20,22H2,1H3,(H,37,41)/t29?,33-/m0/s1. The molecule has 2 atom stereocenters. The summed E-state index contributed by atoms with van der Waals surface area (Å²) in [6.07, 6.45) is 5.98. The SMILES string of the molecule is COc1ccc(Cn2c(CCc3ccccc3)nnc2[C@](I)(Cc2c[nH]c3ccccc23)NC(=O)C2CCCN2)cc1. The number of hydrogen-bond donors (Lipinski definition) is 3. The number of methoxy groups -OCH3 is 1. The van der Waals surface area contributed by atoms with Crippen molar-refractivity contribution in [2.24, 2.45) is 0 Å². The molecule has 0 radical (unpaired) electrons. The highest BCUT2D eigenvalue weighted by molar-refractivity contribution is 14.1. The number of alkyl halides is 1. The molecule has 3 aromatic carbocycles. The number of para-hydroxylation sites is 1. The highest BCUT2D eigenvalue weighted by Crippen LogP contribution is 2.36. The van der Waals surface area contributed by atoms with Gasteiger partial charge in [0.15, 0.2) is 9.37 Å². The molecule has 0 spiro atoms. The number of aromatic amines is 1. The van der Waals surface area contributed by atoms with Crippen LogP contribution in [0.25, 0.3) is 10.9 Å². The molecule has 1 aliphatic heterocycles. The Kier molecular flexibility index (Phi) is 8.57. The van der Waals surface area contributed by atoms with Crippen LogP contribution in [0.15, 0.2) is 85.1 Å². The Bertz CT molecular complexity index is 1640. The molecule has 3 heterocycles. The van der Waals surface area contributed by atoms with E-state index in [9.17, 15) is 4.79 Å². The third-order valence-corrected chi connectivity index (χ3v) is 9.10. The third-order valence-electron chi connectivity index (χ3n) is 7.97. The van der Waals surface area contributed by atoms with Gasteiger partial charge < -0.3 is 24.9 Å². The van der Waals surface area contributed by atoms with E-state index in [1.54, 1.807) is 7.11 Å². The average Bonchev–Trinajstić information content (AvgIpc) is 3.78. The first-order valence-electron chi connectivity index (χ1n) is 14.4. The summed E-state index contributed by atoms with van der Waals surface area (Å²) in [7, 11) is 1.67. The number of aromatic nitrogens is 4. The van der Waals surface area contributed by atoms with Gasteiger partial charge in [0.1, 0.15) is 11.6 Å². The van der Waals surface area contributed by atoms with Crippen molar-refractivity contribution in [1.82, 2.24) is 30.4 Å². The molecule has 1 fully saturated rings. The molecule has 0 bridgehead atoms. The van der Waals surface area contributed by atoms with E-state index in [1.165, 1.54) is 5.56 Å². The number of halogens is 1. The van der Waals surface area contributed by atoms with Crippen LogP contribution in [0.2, 0.25) is 0 Å². The summed E-state index contributed by atoms with van der Waals surface area (Å²) < 4.78 is 6.74. The Balaban J connectivity index is 1.40. The summed E-state index contributed by atoms with van der Waals surface area (Å²) in [5, 5.41) is 17.4. The molecule has 0 saturated carbocycles. The largest absolute Gasteiger partial charge is 0.497 e. The quantitative estimate of drug-likeness (QED) is 0.100. The lowest BCUT2D eigenvalue weighted by Gasteiger charge is -2.30. The highest BCUT2D eigenvalue weighted by Gasteiger charge is 2.40. The van der Waals surface area contributed by atoms with Gasteiger partial charge >= 0.3 is 0 Å². The number of nitrogens with zero attached hydrogens (tertiary/aromatic N) is 3. The maximum atomic E-state index is 13.6. The second kappa shape index (κ2) is 12.7. The number of hydrogen-bond acceptors (Lipinski definition) is 5. The van der Waals surface area contributed by atoms with Crippen LogP contribution in [-0.2, 0) is 34.1 Å². The molecule has 1 aliphatic rings. The Labute approximate surface area is 259 Å². The van der Waals surface area contributed by atoms with E-state index in [0.29, 0.717) is 13.0 Å². The Morgan fingerprint density at radius 2 is 1.81 bits per heavy atom. The number of amides is 1. The third kappa shape index (κ3) is 6.22. The fraction of sp³-hybridized carbons (Fsp3) is 0.303. The summed E-state index contributed by atoms with van der Waals surface area (Å²) in [6.45, 7) is 1.43. The van der Waals surface area contributed by atoms with Crippen molar-refractivity contribution in [3.8, 4) is 5.75 Å². The summed E-state index contributed by atoms with van der Waals surface area (Å²) in [4.78, 5) is 17.0. The number of rotatable bonds is 11. The van der Waals surface area contributed by atoms with Gasteiger partial charge in [0.25, 0.3) is 0 Å². The molecule has 6 rings (SSSR count). The minimum atomic E-state index is -0.839. The first-order valence-corrected chi connectivity index (χ1v) is 15.5. The van der Waals surface area contributed by atoms with E-state index in [0.717, 1.165) is 71.7 Å². The number of ether oxygens (including phenoxy) is 1. The molecule has 0 aliphatic carbocycles. The van der Waals surface area contributed by atoms with E-state index in [1.807, 2.05) is 36.5 Å². The van der Waals surface area contributed by atoms with Crippen LogP contribution in [0.3, 0.4) is 0 Å². The van der Waals surface area contributed by atoms with Crippen LogP contribution in [-0.4, -0.2) is 45.4 Å². The normalized spacial score (nSPS) is 16.4. The molecule has 5 aromatic rings. The van der Waals surface area contributed by atoms with Gasteiger partial charge in [0.2, 0.25) is 5.91 Å². The van der Waals surface area contributed by atoms with Gasteiger partial charge in [0.05, 0.1) is 19.7 Å². The number of carbonyl (C=O) groups excluding carboxylic acids is 1. The van der Waals surface area contributed by atoms with E-state index in [-0.39, 0.29) is 11.9 Å². The maximum absolute atomic E-state index is 13.6. The first kappa shape index (κ1) is 28.4. The zero-order valence-electron chi connectivity index (χ0n) is 23.6. The van der Waals surface area contributed by atoms with E-state index in [2.05, 4.69) is 91.3 Å². The van der Waals surface area contributed by atoms with Gasteiger partial charge in [-0.2, -0.15) is 0 Å². The van der Waals surface area contributed by atoms with Crippen molar-refractivity contribution in [3.05, 3.63) is 113 Å². The minimum Gasteiger partial charge on any atom is -0.497 e. The van der Waals surface area contributed by atoms with Gasteiger partial charge in [0, 0.05) is 29.9 Å². The van der Waals surface area contributed by atoms with Crippen LogP contribution in [0.4, 0.5) is 0 Å². The van der Waals surface area contributed by atoms with E-state index in [4.69, 9.17) is 14.9 Å². The van der Waals surface area contributed by atoms with Gasteiger partial charge in [-0.05, 0) is 83.3 Å². The molecule has 1 unspecified atom stereocenters. The Morgan fingerprint density at radius 1 is 1.02 bits per heavy atom. The van der Waals surface area contributed by atoms with Crippen molar-refractivity contribution in [3.63, 3.8) is 0 Å². The summed E-state index contributed by atoms with van der Waals surface area (Å²) in [6, 6.07) is 26.6. The number of H-pyrrole nitrogens is 1. The van der Waals surface area contributed by atoms with Crippen molar-refractivity contribution >= 4 is 39.4 Å². The lowest BCUT2D eigenvalue weighted by molar-refractivity contribution is -0.123. The minimum absolute atomic E-state index is 0.00780. The number of fused-ring (bicyclic) bond motifs is 1. The van der Waals surface area contributed by atoms with Gasteiger partial charge in [-0.25, -0.2) is 0 Å². The van der Waals surface area contributed by atoms with E-state index >= 15 is 0 Å². The lowest BCUT2D eigenvalue weighted by atomic mass is 10.0. The van der Waals surface area contributed by atoms with Crippen molar-refractivity contribution in [1.29, 1.82) is 0 Å². The molecule has 1 saturated heterocycles. The predicted octanol–water partition coefficient (Wildman–Crippen LogP) is 5.30. The van der Waals surface area contributed by atoms with Crippen LogP contribution < -0.4 is 15.4 Å². The zero-order valence-corrected chi connectivity index (χ0v) is 25.8. The molecule has 8 nitrogen and oxygen atoms in total. The number of nitrogens with one attached hydrogen (secondary N) is 3. The molecule has 216 valence electrons. The van der Waals surface area contributed by atoms with Gasteiger partial charge in [-0.3, -0.25) is 4.79 Å². The Hall–Kier alpha value is -3.70. The fourth-order valence-electron chi connectivity index (χ4n) is 5.70. The van der Waals surface area contributed by atoms with Crippen molar-refractivity contribution in [2.45, 2.75) is 48.2 Å². The first-order chi connectivity index (χ1) is 20.5. The van der Waals surface area contributed by atoms with E-state index < -0.39 is 3.55 Å². The van der Waals surface area contributed by atoms with Gasteiger partial charge in [-0.15, -0.1) is 10.2 Å². The predicted molar refractivity (Wildman–Crippen MR) is 173 cm³/mol. The molecule has 42 heavy (non-hydrogen) atoms.